The van der Waals surface area contributed by atoms with E-state index in [4.69, 9.17) is 11.6 Å². The van der Waals surface area contributed by atoms with Crippen LogP contribution in [0.4, 0.5) is 0 Å². The number of carbonyl (C=O) groups is 2. The van der Waals surface area contributed by atoms with Crippen molar-refractivity contribution in [2.75, 3.05) is 0 Å². The van der Waals surface area contributed by atoms with Crippen LogP contribution in [0, 0.1) is 0 Å². The van der Waals surface area contributed by atoms with E-state index in [1.807, 2.05) is 60.7 Å². The van der Waals surface area contributed by atoms with Crippen LogP contribution >= 0.6 is 11.6 Å². The number of nitrogens with zero attached hydrogens (tertiary/aromatic N) is 2. The Kier molecular flexibility index (Phi) is 7.57. The quantitative estimate of drug-likeness (QED) is 0.597. The van der Waals surface area contributed by atoms with Gasteiger partial charge in [0.15, 0.2) is 0 Å². The summed E-state index contributed by atoms with van der Waals surface area (Å²) in [6.45, 7) is 2.11. The highest BCUT2D eigenvalue weighted by Gasteiger charge is 2.28. The monoisotopic (exact) mass is 421 g/mol. The average Bonchev–Trinajstić information content (AvgIpc) is 2.77. The van der Waals surface area contributed by atoms with Crippen LogP contribution in [0.3, 0.4) is 0 Å². The smallest absolute Gasteiger partial charge is 0.243 e. The number of aromatic nitrogens is 1. The Balaban J connectivity index is 1.82. The molecule has 0 saturated carbocycles. The first-order chi connectivity index (χ1) is 14.5. The molecule has 1 N–H and O–H groups in total. The number of halogens is 1. The highest BCUT2D eigenvalue weighted by atomic mass is 35.5. The number of amides is 2. The molecule has 2 amide bonds. The van der Waals surface area contributed by atoms with Crippen molar-refractivity contribution in [2.24, 2.45) is 0 Å². The molecule has 5 nitrogen and oxygen atoms in total. The second kappa shape index (κ2) is 10.6. The third-order valence-electron chi connectivity index (χ3n) is 4.79. The highest BCUT2D eigenvalue weighted by Crippen LogP contribution is 2.16. The predicted molar refractivity (Wildman–Crippen MR) is 118 cm³/mol. The molecule has 2 aromatic carbocycles. The van der Waals surface area contributed by atoms with Crippen LogP contribution in [0.25, 0.3) is 0 Å². The molecule has 6 heteroatoms. The first kappa shape index (κ1) is 21.5. The maximum absolute atomic E-state index is 13.2. The molecule has 0 radical (unpaired) electrons. The molecule has 0 aliphatic carbocycles. The van der Waals surface area contributed by atoms with Crippen molar-refractivity contribution in [2.45, 2.75) is 32.5 Å². The number of benzene rings is 2. The van der Waals surface area contributed by atoms with E-state index in [1.165, 1.54) is 6.92 Å². The SMILES string of the molecule is CC(=O)N(Cc1ccc(Cl)cc1)[C@@H](Cc1ccccc1)C(=O)NCc1ccccn1. The standard InChI is InChI=1S/C24H24ClN3O2/c1-18(29)28(17-20-10-12-21(25)13-11-20)23(15-19-7-3-2-4-8-19)24(30)27-16-22-9-5-6-14-26-22/h2-14,23H,15-17H2,1H3,(H,27,30)/t23-/m0/s1. The Morgan fingerprint density at radius 2 is 1.67 bits per heavy atom. The Morgan fingerprint density at radius 3 is 2.30 bits per heavy atom. The van der Waals surface area contributed by atoms with Crippen molar-refractivity contribution in [3.63, 3.8) is 0 Å². The van der Waals surface area contributed by atoms with Crippen molar-refractivity contribution in [1.29, 1.82) is 0 Å². The second-order valence-electron chi connectivity index (χ2n) is 7.02. The molecule has 0 aliphatic rings. The Labute approximate surface area is 181 Å². The van der Waals surface area contributed by atoms with Gasteiger partial charge in [0.2, 0.25) is 11.8 Å². The zero-order valence-corrected chi connectivity index (χ0v) is 17.5. The summed E-state index contributed by atoms with van der Waals surface area (Å²) in [5, 5.41) is 3.56. The molecule has 3 aromatic rings. The maximum atomic E-state index is 13.2. The van der Waals surface area contributed by atoms with E-state index in [0.29, 0.717) is 24.5 Å². The third-order valence-corrected chi connectivity index (χ3v) is 5.04. The van der Waals surface area contributed by atoms with Crippen LogP contribution in [0.1, 0.15) is 23.7 Å². The molecular weight excluding hydrogens is 398 g/mol. The van der Waals surface area contributed by atoms with Gasteiger partial charge >= 0.3 is 0 Å². The summed E-state index contributed by atoms with van der Waals surface area (Å²) in [5.41, 5.74) is 2.65. The number of hydrogen-bond donors (Lipinski definition) is 1. The Bertz CT molecular complexity index is 963. The van der Waals surface area contributed by atoms with Gasteiger partial charge in [-0.2, -0.15) is 0 Å². The largest absolute Gasteiger partial charge is 0.349 e. The van der Waals surface area contributed by atoms with Gasteiger partial charge in [-0.1, -0.05) is 60.1 Å². The first-order valence-electron chi connectivity index (χ1n) is 9.76. The van der Waals surface area contributed by atoms with E-state index < -0.39 is 6.04 Å². The number of hydrogen-bond acceptors (Lipinski definition) is 3. The number of nitrogens with one attached hydrogen (secondary N) is 1. The molecule has 0 fully saturated rings. The summed E-state index contributed by atoms with van der Waals surface area (Å²) in [7, 11) is 0. The molecule has 0 aliphatic heterocycles. The molecule has 0 bridgehead atoms. The fourth-order valence-electron chi connectivity index (χ4n) is 3.21. The predicted octanol–water partition coefficient (Wildman–Crippen LogP) is 4.01. The van der Waals surface area contributed by atoms with Crippen LogP contribution in [-0.4, -0.2) is 27.7 Å². The van der Waals surface area contributed by atoms with E-state index in [2.05, 4.69) is 10.3 Å². The minimum atomic E-state index is -0.649. The normalized spacial score (nSPS) is 11.5. The van der Waals surface area contributed by atoms with Crippen LogP contribution in [0.15, 0.2) is 79.0 Å². The van der Waals surface area contributed by atoms with Gasteiger partial charge in [0.05, 0.1) is 12.2 Å². The fourth-order valence-corrected chi connectivity index (χ4v) is 3.33. The number of rotatable bonds is 8. The van der Waals surface area contributed by atoms with Gasteiger partial charge in [-0.3, -0.25) is 14.6 Å². The topological polar surface area (TPSA) is 62.3 Å². The molecule has 0 unspecified atom stereocenters. The minimum Gasteiger partial charge on any atom is -0.349 e. The maximum Gasteiger partial charge on any atom is 0.243 e. The highest BCUT2D eigenvalue weighted by molar-refractivity contribution is 6.30. The zero-order valence-electron chi connectivity index (χ0n) is 16.8. The van der Waals surface area contributed by atoms with Gasteiger partial charge in [0, 0.05) is 31.1 Å². The minimum absolute atomic E-state index is 0.168. The third kappa shape index (κ3) is 6.16. The number of pyridine rings is 1. The van der Waals surface area contributed by atoms with Gasteiger partial charge in [0.1, 0.15) is 6.04 Å². The van der Waals surface area contributed by atoms with Crippen molar-refractivity contribution < 1.29 is 9.59 Å². The second-order valence-corrected chi connectivity index (χ2v) is 7.45. The zero-order chi connectivity index (χ0) is 21.3. The molecule has 154 valence electrons. The van der Waals surface area contributed by atoms with Crippen LogP contribution in [0.2, 0.25) is 5.02 Å². The van der Waals surface area contributed by atoms with Crippen LogP contribution in [-0.2, 0) is 29.1 Å². The van der Waals surface area contributed by atoms with Gasteiger partial charge in [-0.05, 0) is 35.4 Å². The van der Waals surface area contributed by atoms with Crippen molar-refractivity contribution >= 4 is 23.4 Å². The lowest BCUT2D eigenvalue weighted by Gasteiger charge is -2.30. The first-order valence-corrected chi connectivity index (χ1v) is 10.1. The molecule has 1 atom stereocenters. The van der Waals surface area contributed by atoms with Crippen molar-refractivity contribution in [3.05, 3.63) is 101 Å². The molecule has 0 spiro atoms. The van der Waals surface area contributed by atoms with E-state index in [0.717, 1.165) is 16.8 Å². The van der Waals surface area contributed by atoms with E-state index in [1.54, 1.807) is 23.2 Å². The summed E-state index contributed by atoms with van der Waals surface area (Å²) >= 11 is 5.98. The molecule has 0 saturated heterocycles. The van der Waals surface area contributed by atoms with E-state index >= 15 is 0 Å². The summed E-state index contributed by atoms with van der Waals surface area (Å²) in [4.78, 5) is 31.5. The van der Waals surface area contributed by atoms with Gasteiger partial charge in [-0.25, -0.2) is 0 Å². The fraction of sp³-hybridized carbons (Fsp3) is 0.208. The lowest BCUT2D eigenvalue weighted by molar-refractivity contribution is -0.139. The van der Waals surface area contributed by atoms with Crippen molar-refractivity contribution in [3.8, 4) is 0 Å². The summed E-state index contributed by atoms with van der Waals surface area (Å²) in [6, 6.07) is 21.9. The van der Waals surface area contributed by atoms with Gasteiger partial charge in [0.25, 0.3) is 0 Å². The molecule has 30 heavy (non-hydrogen) atoms. The summed E-state index contributed by atoms with van der Waals surface area (Å²) in [6.07, 6.45) is 2.10. The molecular formula is C24H24ClN3O2. The number of carbonyl (C=O) groups excluding carboxylic acids is 2. The van der Waals surface area contributed by atoms with Crippen LogP contribution in [0.5, 0.6) is 0 Å². The van der Waals surface area contributed by atoms with Crippen molar-refractivity contribution in [1.82, 2.24) is 15.2 Å². The summed E-state index contributed by atoms with van der Waals surface area (Å²) < 4.78 is 0. The molecule has 1 heterocycles. The van der Waals surface area contributed by atoms with Gasteiger partial charge in [-0.15, -0.1) is 0 Å². The van der Waals surface area contributed by atoms with Crippen LogP contribution < -0.4 is 5.32 Å². The Hall–Kier alpha value is -3.18. The molecule has 3 rings (SSSR count). The molecule has 1 aromatic heterocycles. The van der Waals surface area contributed by atoms with E-state index in [9.17, 15) is 9.59 Å². The average molecular weight is 422 g/mol. The lowest BCUT2D eigenvalue weighted by atomic mass is 10.0. The van der Waals surface area contributed by atoms with E-state index in [-0.39, 0.29) is 11.8 Å². The summed E-state index contributed by atoms with van der Waals surface area (Å²) in [5.74, 6) is -0.382. The Morgan fingerprint density at radius 1 is 0.967 bits per heavy atom. The van der Waals surface area contributed by atoms with Gasteiger partial charge < -0.3 is 10.2 Å². The lowest BCUT2D eigenvalue weighted by Crippen LogP contribution is -2.49.